The molecule has 0 radical (unpaired) electrons. The van der Waals surface area contributed by atoms with Gasteiger partial charge in [0.1, 0.15) is 31.2 Å². The molecule has 8 nitrogen and oxygen atoms in total. The number of anilines is 2. The minimum atomic E-state index is -0.645. The number of alkyl halides is 1. The van der Waals surface area contributed by atoms with Gasteiger partial charge in [-0.15, -0.1) is 0 Å². The minimum Gasteiger partial charge on any atom is -0.490 e. The summed E-state index contributed by atoms with van der Waals surface area (Å²) in [6.45, 7) is 3.78. The predicted octanol–water partition coefficient (Wildman–Crippen LogP) is 5.05. The summed E-state index contributed by atoms with van der Waals surface area (Å²) in [4.78, 5) is 34.7. The normalized spacial score (nSPS) is 17.1. The van der Waals surface area contributed by atoms with E-state index in [1.165, 1.54) is 6.33 Å². The van der Waals surface area contributed by atoms with Gasteiger partial charge < -0.3 is 20.1 Å². The number of carbonyl (C=O) groups excluding carboxylic acids is 2. The highest BCUT2D eigenvalue weighted by molar-refractivity contribution is 6.31. The number of nitrogens with zero attached hydrogens (tertiary/aromatic N) is 2. The fourth-order valence-electron chi connectivity index (χ4n) is 4.24. The van der Waals surface area contributed by atoms with Crippen molar-refractivity contribution in [1.82, 2.24) is 15.3 Å². The molecule has 1 aliphatic heterocycles. The Morgan fingerprint density at radius 2 is 2.05 bits per heavy atom. The van der Waals surface area contributed by atoms with E-state index in [0.29, 0.717) is 51.9 Å². The second-order valence-electron chi connectivity index (χ2n) is 9.27. The average molecular weight is 529 g/mol. The smallest absolute Gasteiger partial charge is 0.223 e. The summed E-state index contributed by atoms with van der Waals surface area (Å²) in [6, 6.07) is 8.67. The maximum Gasteiger partial charge on any atom is 0.223 e. The number of ether oxygens (including phenoxy) is 2. The van der Waals surface area contributed by atoms with Crippen LogP contribution in [0, 0.1) is 11.8 Å². The number of halogens is 2. The summed E-state index contributed by atoms with van der Waals surface area (Å²) in [5.74, 6) is 0.626. The Bertz CT molecular complexity index is 1290. The van der Waals surface area contributed by atoms with Gasteiger partial charge in [-0.2, -0.15) is 0 Å². The van der Waals surface area contributed by atoms with Crippen LogP contribution in [0.2, 0.25) is 5.02 Å². The van der Waals surface area contributed by atoms with Crippen molar-refractivity contribution in [2.24, 2.45) is 11.8 Å². The van der Waals surface area contributed by atoms with Crippen LogP contribution in [0.15, 0.2) is 36.7 Å². The Hall–Kier alpha value is -3.46. The molecule has 196 valence electrons. The van der Waals surface area contributed by atoms with Gasteiger partial charge in [-0.3, -0.25) is 9.59 Å². The number of amides is 1. The van der Waals surface area contributed by atoms with Gasteiger partial charge in [-0.1, -0.05) is 31.5 Å². The Morgan fingerprint density at radius 1 is 1.22 bits per heavy atom. The lowest BCUT2D eigenvalue weighted by molar-refractivity contribution is -0.130. The van der Waals surface area contributed by atoms with E-state index in [1.807, 2.05) is 13.8 Å². The molecule has 2 N–H and O–H groups in total. The minimum absolute atomic E-state index is 0.00362. The van der Waals surface area contributed by atoms with Gasteiger partial charge in [-0.25, -0.2) is 14.4 Å². The fraction of sp³-hybridized carbons (Fsp3) is 0.407. The van der Waals surface area contributed by atoms with Crippen LogP contribution in [-0.4, -0.2) is 48.1 Å². The summed E-state index contributed by atoms with van der Waals surface area (Å²) in [7, 11) is 0. The zero-order chi connectivity index (χ0) is 26.4. The zero-order valence-electron chi connectivity index (χ0n) is 20.9. The zero-order valence-corrected chi connectivity index (χ0v) is 21.6. The van der Waals surface area contributed by atoms with Gasteiger partial charge in [0.05, 0.1) is 12.1 Å². The number of carbonyl (C=O) groups is 2. The first-order chi connectivity index (χ1) is 17.9. The van der Waals surface area contributed by atoms with E-state index >= 15 is 0 Å². The summed E-state index contributed by atoms with van der Waals surface area (Å²) in [6.07, 6.45) is 2.21. The molecular formula is C27H30ClFN4O4. The number of hydrogen-bond donors (Lipinski definition) is 2. The van der Waals surface area contributed by atoms with Crippen molar-refractivity contribution in [3.8, 4) is 11.5 Å². The molecule has 1 aliphatic rings. The molecule has 4 rings (SSSR count). The summed E-state index contributed by atoms with van der Waals surface area (Å²) in [5.41, 5.74) is 1.92. The lowest BCUT2D eigenvalue weighted by Gasteiger charge is -2.20. The highest BCUT2D eigenvalue weighted by atomic mass is 35.5. The van der Waals surface area contributed by atoms with Crippen molar-refractivity contribution in [2.75, 3.05) is 31.7 Å². The van der Waals surface area contributed by atoms with Gasteiger partial charge in [-0.05, 0) is 36.1 Å². The third-order valence-electron chi connectivity index (χ3n) is 6.22. The molecule has 1 atom stereocenters. The molecule has 0 fully saturated rings. The van der Waals surface area contributed by atoms with E-state index in [0.717, 1.165) is 5.56 Å². The lowest BCUT2D eigenvalue weighted by atomic mass is 9.88. The molecule has 0 aliphatic carbocycles. The SMILES string of the molecule is CC(C)[C@H]1CC(=O)Cc2ccc(Cl)cc2Nc2ncnc3cc(OCCF)c(cc23)OCCCNC1=O. The number of nitrogens with one attached hydrogen (secondary N) is 2. The van der Waals surface area contributed by atoms with Crippen LogP contribution < -0.4 is 20.1 Å². The van der Waals surface area contributed by atoms with E-state index in [1.54, 1.807) is 30.3 Å². The number of ketones is 1. The van der Waals surface area contributed by atoms with Crippen LogP contribution in [0.25, 0.3) is 10.9 Å². The van der Waals surface area contributed by atoms with Crippen LogP contribution >= 0.6 is 11.6 Å². The number of benzene rings is 2. The summed E-state index contributed by atoms with van der Waals surface area (Å²) in [5, 5.41) is 7.37. The first-order valence-corrected chi connectivity index (χ1v) is 12.7. The molecular weight excluding hydrogens is 499 g/mol. The quantitative estimate of drug-likeness (QED) is 0.488. The predicted molar refractivity (Wildman–Crippen MR) is 141 cm³/mol. The largest absolute Gasteiger partial charge is 0.490 e. The molecule has 37 heavy (non-hydrogen) atoms. The topological polar surface area (TPSA) is 102 Å². The van der Waals surface area contributed by atoms with E-state index < -0.39 is 12.6 Å². The van der Waals surface area contributed by atoms with Crippen LogP contribution in [0.4, 0.5) is 15.9 Å². The molecule has 0 saturated carbocycles. The molecule has 3 aromatic rings. The standard InChI is InChI=1S/C27H30ClFN4O4/c1-16(2)20-12-19(34)10-17-4-5-18(28)11-22(17)33-26-21-13-24(36-8-3-7-30-27(20)35)25(37-9-6-29)14-23(21)31-15-32-26/h4-5,11,13-16,20H,3,6-10,12H2,1-2H3,(H,30,35)(H,31,32,33)/t20-/m1/s1. The van der Waals surface area contributed by atoms with Gasteiger partial charge in [0.15, 0.2) is 11.5 Å². The molecule has 2 bridgehead atoms. The highest BCUT2D eigenvalue weighted by Crippen LogP contribution is 2.36. The van der Waals surface area contributed by atoms with Gasteiger partial charge in [0.25, 0.3) is 0 Å². The Kier molecular flexibility index (Phi) is 8.76. The number of fused-ring (bicyclic) bond motifs is 2. The third-order valence-corrected chi connectivity index (χ3v) is 6.45. The van der Waals surface area contributed by atoms with E-state index in [-0.39, 0.29) is 43.7 Å². The molecule has 0 saturated heterocycles. The fourth-order valence-corrected chi connectivity index (χ4v) is 4.41. The van der Waals surface area contributed by atoms with Crippen molar-refractivity contribution in [3.63, 3.8) is 0 Å². The average Bonchev–Trinajstić information content (AvgIpc) is 2.87. The third kappa shape index (κ3) is 6.65. The molecule has 0 unspecified atom stereocenters. The monoisotopic (exact) mass is 528 g/mol. The Morgan fingerprint density at radius 3 is 2.84 bits per heavy atom. The van der Waals surface area contributed by atoms with Gasteiger partial charge in [0, 0.05) is 47.5 Å². The first-order valence-electron chi connectivity index (χ1n) is 12.3. The van der Waals surface area contributed by atoms with Crippen molar-refractivity contribution in [1.29, 1.82) is 0 Å². The van der Waals surface area contributed by atoms with Crippen molar-refractivity contribution < 1.29 is 23.5 Å². The number of rotatable bonds is 4. The first kappa shape index (κ1) is 26.6. The molecule has 2 heterocycles. The van der Waals surface area contributed by atoms with Crippen molar-refractivity contribution in [2.45, 2.75) is 33.1 Å². The van der Waals surface area contributed by atoms with E-state index in [9.17, 15) is 14.0 Å². The summed E-state index contributed by atoms with van der Waals surface area (Å²) < 4.78 is 24.4. The van der Waals surface area contributed by atoms with Crippen molar-refractivity contribution >= 4 is 45.7 Å². The second kappa shape index (κ2) is 12.2. The van der Waals surface area contributed by atoms with Gasteiger partial charge >= 0.3 is 0 Å². The summed E-state index contributed by atoms with van der Waals surface area (Å²) >= 11 is 6.29. The number of Topliss-reactive ketones (excluding diaryl/α,β-unsaturated/α-hetero) is 1. The van der Waals surface area contributed by atoms with E-state index in [4.69, 9.17) is 21.1 Å². The molecule has 10 heteroatoms. The Labute approximate surface area is 219 Å². The molecule has 1 aromatic heterocycles. The molecule has 2 aromatic carbocycles. The van der Waals surface area contributed by atoms with Gasteiger partial charge in [0.2, 0.25) is 5.91 Å². The molecule has 1 amide bonds. The number of hydrogen-bond acceptors (Lipinski definition) is 7. The van der Waals surface area contributed by atoms with Crippen LogP contribution in [0.1, 0.15) is 32.3 Å². The maximum absolute atomic E-state index is 13.1. The van der Waals surface area contributed by atoms with Crippen LogP contribution in [-0.2, 0) is 16.0 Å². The molecule has 0 spiro atoms. The van der Waals surface area contributed by atoms with Crippen LogP contribution in [0.3, 0.4) is 0 Å². The van der Waals surface area contributed by atoms with E-state index in [2.05, 4.69) is 20.6 Å². The second-order valence-corrected chi connectivity index (χ2v) is 9.70. The Balaban J connectivity index is 1.77. The maximum atomic E-state index is 13.1. The highest BCUT2D eigenvalue weighted by Gasteiger charge is 2.25. The number of aromatic nitrogens is 2. The van der Waals surface area contributed by atoms with Crippen molar-refractivity contribution in [3.05, 3.63) is 47.2 Å². The van der Waals surface area contributed by atoms with Crippen LogP contribution in [0.5, 0.6) is 11.5 Å². The lowest BCUT2D eigenvalue weighted by Crippen LogP contribution is -2.36.